The predicted octanol–water partition coefficient (Wildman–Crippen LogP) is 1.31. The SMILES string of the molecule is c1ccc2c(c1)OC[C@@]21CCNC1. The smallest absolute Gasteiger partial charge is 0.123 e. The van der Waals surface area contributed by atoms with Gasteiger partial charge >= 0.3 is 0 Å². The highest BCUT2D eigenvalue weighted by atomic mass is 16.5. The first-order valence-corrected chi connectivity index (χ1v) is 4.84. The van der Waals surface area contributed by atoms with E-state index in [-0.39, 0.29) is 5.41 Å². The maximum atomic E-state index is 5.70. The molecule has 1 N–H and O–H groups in total. The molecule has 1 atom stereocenters. The average molecular weight is 175 g/mol. The second-order valence-corrected chi connectivity index (χ2v) is 3.99. The molecule has 0 saturated carbocycles. The number of nitrogens with one attached hydrogen (secondary N) is 1. The van der Waals surface area contributed by atoms with Crippen molar-refractivity contribution in [3.05, 3.63) is 29.8 Å². The minimum Gasteiger partial charge on any atom is -0.492 e. The number of benzene rings is 1. The summed E-state index contributed by atoms with van der Waals surface area (Å²) in [7, 11) is 0. The van der Waals surface area contributed by atoms with Crippen LogP contribution in [0.25, 0.3) is 0 Å². The van der Waals surface area contributed by atoms with Crippen LogP contribution < -0.4 is 10.1 Å². The topological polar surface area (TPSA) is 21.3 Å². The standard InChI is InChI=1S/C11H13NO/c1-2-4-10-9(3-1)11(8-13-10)5-6-12-7-11/h1-4,12H,5-8H2/t11-/m0/s1. The van der Waals surface area contributed by atoms with E-state index in [0.717, 1.165) is 25.4 Å². The molecule has 0 bridgehead atoms. The molecule has 0 aromatic heterocycles. The lowest BCUT2D eigenvalue weighted by Gasteiger charge is -2.19. The average Bonchev–Trinajstić information content (AvgIpc) is 2.78. The van der Waals surface area contributed by atoms with Gasteiger partial charge in [-0.1, -0.05) is 18.2 Å². The van der Waals surface area contributed by atoms with Crippen molar-refractivity contribution >= 4 is 0 Å². The summed E-state index contributed by atoms with van der Waals surface area (Å²) in [5, 5.41) is 3.42. The first-order chi connectivity index (χ1) is 6.41. The van der Waals surface area contributed by atoms with E-state index in [4.69, 9.17) is 4.74 Å². The second-order valence-electron chi connectivity index (χ2n) is 3.99. The molecular weight excluding hydrogens is 162 g/mol. The molecule has 2 aliphatic heterocycles. The maximum Gasteiger partial charge on any atom is 0.123 e. The fraction of sp³-hybridized carbons (Fsp3) is 0.455. The van der Waals surface area contributed by atoms with Crippen LogP contribution in [0.2, 0.25) is 0 Å². The normalized spacial score (nSPS) is 30.5. The maximum absolute atomic E-state index is 5.70. The molecule has 0 aliphatic carbocycles. The third kappa shape index (κ3) is 0.923. The summed E-state index contributed by atoms with van der Waals surface area (Å²) in [6.45, 7) is 3.06. The Bertz CT molecular complexity index is 329. The Hall–Kier alpha value is -1.02. The van der Waals surface area contributed by atoms with Gasteiger partial charge in [-0.3, -0.25) is 0 Å². The van der Waals surface area contributed by atoms with Gasteiger partial charge in [-0.2, -0.15) is 0 Å². The van der Waals surface area contributed by atoms with Crippen LogP contribution in [0.5, 0.6) is 5.75 Å². The van der Waals surface area contributed by atoms with Crippen LogP contribution in [0.3, 0.4) is 0 Å². The van der Waals surface area contributed by atoms with Crippen LogP contribution in [0.15, 0.2) is 24.3 Å². The van der Waals surface area contributed by atoms with E-state index in [0.29, 0.717) is 0 Å². The van der Waals surface area contributed by atoms with E-state index in [1.54, 1.807) is 0 Å². The van der Waals surface area contributed by atoms with Gasteiger partial charge in [0, 0.05) is 17.5 Å². The Labute approximate surface area is 77.9 Å². The summed E-state index contributed by atoms with van der Waals surface area (Å²) in [6.07, 6.45) is 1.21. The minimum absolute atomic E-state index is 0.288. The van der Waals surface area contributed by atoms with Crippen molar-refractivity contribution in [2.45, 2.75) is 11.8 Å². The molecule has 3 rings (SSSR count). The first kappa shape index (κ1) is 7.39. The zero-order valence-electron chi connectivity index (χ0n) is 7.55. The molecule has 2 heteroatoms. The van der Waals surface area contributed by atoms with Gasteiger partial charge in [-0.25, -0.2) is 0 Å². The fourth-order valence-electron chi connectivity index (χ4n) is 2.42. The molecule has 1 spiro atoms. The highest BCUT2D eigenvalue weighted by molar-refractivity contribution is 5.44. The zero-order chi connectivity index (χ0) is 8.73. The summed E-state index contributed by atoms with van der Waals surface area (Å²) < 4.78 is 5.70. The van der Waals surface area contributed by atoms with Crippen molar-refractivity contribution in [3.63, 3.8) is 0 Å². The molecule has 0 unspecified atom stereocenters. The lowest BCUT2D eigenvalue weighted by molar-refractivity contribution is 0.277. The first-order valence-electron chi connectivity index (χ1n) is 4.84. The molecule has 2 nitrogen and oxygen atoms in total. The highest BCUT2D eigenvalue weighted by Gasteiger charge is 2.42. The molecule has 68 valence electrons. The molecule has 13 heavy (non-hydrogen) atoms. The van der Waals surface area contributed by atoms with Crippen molar-refractivity contribution in [3.8, 4) is 5.75 Å². The summed E-state index contributed by atoms with van der Waals surface area (Å²) in [6, 6.07) is 8.42. The predicted molar refractivity (Wildman–Crippen MR) is 51.1 cm³/mol. The van der Waals surface area contributed by atoms with E-state index >= 15 is 0 Å². The minimum atomic E-state index is 0.288. The van der Waals surface area contributed by atoms with E-state index < -0.39 is 0 Å². The van der Waals surface area contributed by atoms with Crippen molar-refractivity contribution in [2.75, 3.05) is 19.7 Å². The Balaban J connectivity index is 2.11. The summed E-state index contributed by atoms with van der Waals surface area (Å²) >= 11 is 0. The number of hydrogen-bond donors (Lipinski definition) is 1. The monoisotopic (exact) mass is 175 g/mol. The third-order valence-electron chi connectivity index (χ3n) is 3.21. The van der Waals surface area contributed by atoms with Gasteiger partial charge in [-0.15, -0.1) is 0 Å². The van der Waals surface area contributed by atoms with Crippen LogP contribution in [-0.2, 0) is 5.41 Å². The van der Waals surface area contributed by atoms with E-state index in [9.17, 15) is 0 Å². The summed E-state index contributed by atoms with van der Waals surface area (Å²) in [5.41, 5.74) is 1.69. The number of fused-ring (bicyclic) bond motifs is 2. The van der Waals surface area contributed by atoms with Crippen LogP contribution in [0, 0.1) is 0 Å². The van der Waals surface area contributed by atoms with Crippen LogP contribution in [-0.4, -0.2) is 19.7 Å². The van der Waals surface area contributed by atoms with E-state index in [2.05, 4.69) is 23.5 Å². The Morgan fingerprint density at radius 1 is 1.31 bits per heavy atom. The van der Waals surface area contributed by atoms with Gasteiger partial charge in [0.25, 0.3) is 0 Å². The number of ether oxygens (including phenoxy) is 1. The van der Waals surface area contributed by atoms with Crippen molar-refractivity contribution in [1.82, 2.24) is 5.32 Å². The number of rotatable bonds is 0. The highest BCUT2D eigenvalue weighted by Crippen LogP contribution is 2.42. The van der Waals surface area contributed by atoms with E-state index in [1.165, 1.54) is 12.0 Å². The molecular formula is C11H13NO. The molecule has 2 aliphatic rings. The van der Waals surface area contributed by atoms with Crippen molar-refractivity contribution in [1.29, 1.82) is 0 Å². The van der Waals surface area contributed by atoms with Crippen LogP contribution in [0.1, 0.15) is 12.0 Å². The largest absolute Gasteiger partial charge is 0.492 e. The molecule has 1 aromatic carbocycles. The zero-order valence-corrected chi connectivity index (χ0v) is 7.55. The molecule has 0 amide bonds. The molecule has 1 aromatic rings. The second kappa shape index (κ2) is 2.48. The number of hydrogen-bond acceptors (Lipinski definition) is 2. The van der Waals surface area contributed by atoms with Crippen molar-refractivity contribution in [2.24, 2.45) is 0 Å². The van der Waals surface area contributed by atoms with E-state index in [1.807, 2.05) is 6.07 Å². The molecule has 1 saturated heterocycles. The van der Waals surface area contributed by atoms with Crippen LogP contribution >= 0.6 is 0 Å². The lowest BCUT2D eigenvalue weighted by atomic mass is 9.82. The summed E-state index contributed by atoms with van der Waals surface area (Å²) in [4.78, 5) is 0. The molecule has 1 fully saturated rings. The Morgan fingerprint density at radius 3 is 3.08 bits per heavy atom. The van der Waals surface area contributed by atoms with Crippen molar-refractivity contribution < 1.29 is 4.74 Å². The quantitative estimate of drug-likeness (QED) is 0.642. The molecule has 2 heterocycles. The lowest BCUT2D eigenvalue weighted by Crippen LogP contribution is -2.30. The number of para-hydroxylation sites is 1. The van der Waals surface area contributed by atoms with Gasteiger partial charge in [-0.05, 0) is 19.0 Å². The Kier molecular flexibility index (Phi) is 1.41. The van der Waals surface area contributed by atoms with Gasteiger partial charge in [0.05, 0.1) is 6.61 Å². The van der Waals surface area contributed by atoms with Gasteiger partial charge in [0.1, 0.15) is 5.75 Å². The third-order valence-corrected chi connectivity index (χ3v) is 3.21. The van der Waals surface area contributed by atoms with Gasteiger partial charge < -0.3 is 10.1 Å². The Morgan fingerprint density at radius 2 is 2.23 bits per heavy atom. The molecule has 0 radical (unpaired) electrons. The van der Waals surface area contributed by atoms with Crippen LogP contribution in [0.4, 0.5) is 0 Å². The van der Waals surface area contributed by atoms with Gasteiger partial charge in [0.15, 0.2) is 0 Å². The van der Waals surface area contributed by atoms with Gasteiger partial charge in [0.2, 0.25) is 0 Å². The summed E-state index contributed by atoms with van der Waals surface area (Å²) in [5.74, 6) is 1.09. The fourth-order valence-corrected chi connectivity index (χ4v) is 2.42.